The van der Waals surface area contributed by atoms with Crippen molar-refractivity contribution in [1.29, 1.82) is 0 Å². The van der Waals surface area contributed by atoms with Crippen LogP contribution in [0, 0.1) is 5.41 Å². The largest absolute Gasteiger partial charge is 0.345 e. The van der Waals surface area contributed by atoms with Crippen LogP contribution >= 0.6 is 0 Å². The number of carbonyl (C=O) groups excluding carboxylic acids is 1. The number of hydrogen-bond acceptors (Lipinski definition) is 1. The molecule has 1 amide bonds. The number of rotatable bonds is 5. The summed E-state index contributed by atoms with van der Waals surface area (Å²) in [4.78, 5) is 13.7. The van der Waals surface area contributed by atoms with E-state index in [1.165, 1.54) is 22.5 Å². The van der Waals surface area contributed by atoms with Crippen molar-refractivity contribution in [3.8, 4) is 0 Å². The van der Waals surface area contributed by atoms with E-state index in [-0.39, 0.29) is 17.1 Å². The smallest absolute Gasteiger partial charge is 0.253 e. The summed E-state index contributed by atoms with van der Waals surface area (Å²) in [5.41, 5.74) is 5.51. The molecule has 1 aromatic carbocycles. The summed E-state index contributed by atoms with van der Waals surface area (Å²) >= 11 is 0. The highest BCUT2D eigenvalue weighted by molar-refractivity contribution is 5.94. The second-order valence-corrected chi connectivity index (χ2v) is 8.69. The van der Waals surface area contributed by atoms with Gasteiger partial charge < -0.3 is 4.90 Å². The van der Waals surface area contributed by atoms with E-state index < -0.39 is 0 Å². The Kier molecular flexibility index (Phi) is 7.03. The van der Waals surface area contributed by atoms with Crippen LogP contribution in [0.5, 0.6) is 0 Å². The minimum atomic E-state index is -0.219. The fourth-order valence-corrected chi connectivity index (χ4v) is 4.00. The first-order valence-corrected chi connectivity index (χ1v) is 10.2. The molecule has 1 aromatic rings. The number of amides is 1. The van der Waals surface area contributed by atoms with Gasteiger partial charge >= 0.3 is 0 Å². The second kappa shape index (κ2) is 8.89. The van der Waals surface area contributed by atoms with Gasteiger partial charge in [-0.15, -0.1) is 0 Å². The van der Waals surface area contributed by atoms with Gasteiger partial charge in [-0.2, -0.15) is 0 Å². The van der Waals surface area contributed by atoms with Crippen LogP contribution in [0.4, 0.5) is 4.39 Å². The molecule has 0 heterocycles. The van der Waals surface area contributed by atoms with Gasteiger partial charge in [-0.1, -0.05) is 44.6 Å². The Bertz CT molecular complexity index is 840. The van der Waals surface area contributed by atoms with Crippen LogP contribution in [-0.4, -0.2) is 24.9 Å². The number of nitrogens with zero attached hydrogens (tertiary/aromatic N) is 1. The standard InChI is InChI=1S/C25H34FNO/c1-8-19-16-20(24(28)27(6)7)12-13-21(19)23(26)18(3)11-14-22-17(2)10-9-15-25(22,4)5/h11-14,16H,8-10,15H2,1-7H3. The molecule has 2 rings (SSSR count). The van der Waals surface area contributed by atoms with Crippen molar-refractivity contribution >= 4 is 11.7 Å². The number of carbonyl (C=O) groups is 1. The zero-order chi connectivity index (χ0) is 21.1. The van der Waals surface area contributed by atoms with Crippen LogP contribution in [0.25, 0.3) is 5.83 Å². The van der Waals surface area contributed by atoms with Gasteiger partial charge in [0.25, 0.3) is 5.91 Å². The van der Waals surface area contributed by atoms with E-state index >= 15 is 4.39 Å². The minimum absolute atomic E-state index is 0.0656. The second-order valence-electron chi connectivity index (χ2n) is 8.69. The van der Waals surface area contributed by atoms with Crippen molar-refractivity contribution in [3.05, 3.63) is 63.8 Å². The van der Waals surface area contributed by atoms with E-state index in [9.17, 15) is 4.79 Å². The summed E-state index contributed by atoms with van der Waals surface area (Å²) in [6.07, 6.45) is 8.17. The Balaban J connectivity index is 2.39. The van der Waals surface area contributed by atoms with E-state index in [1.807, 2.05) is 26.0 Å². The molecule has 0 aliphatic heterocycles. The zero-order valence-electron chi connectivity index (χ0n) is 18.4. The van der Waals surface area contributed by atoms with Crippen molar-refractivity contribution in [2.24, 2.45) is 5.41 Å². The van der Waals surface area contributed by atoms with E-state index in [0.717, 1.165) is 18.4 Å². The fourth-order valence-electron chi connectivity index (χ4n) is 4.00. The lowest BCUT2D eigenvalue weighted by Crippen LogP contribution is -2.21. The van der Waals surface area contributed by atoms with E-state index in [0.29, 0.717) is 23.1 Å². The monoisotopic (exact) mass is 383 g/mol. The Hall–Kier alpha value is -2.16. The average Bonchev–Trinajstić information content (AvgIpc) is 2.65. The quantitative estimate of drug-likeness (QED) is 0.516. The van der Waals surface area contributed by atoms with E-state index in [4.69, 9.17) is 0 Å². The molecule has 0 fully saturated rings. The predicted octanol–water partition coefficient (Wildman–Crippen LogP) is 6.73. The summed E-state index contributed by atoms with van der Waals surface area (Å²) in [6.45, 7) is 10.5. The number of allylic oxidation sites excluding steroid dienone is 5. The van der Waals surface area contributed by atoms with Gasteiger partial charge in [-0.3, -0.25) is 4.79 Å². The first-order valence-electron chi connectivity index (χ1n) is 10.2. The summed E-state index contributed by atoms with van der Waals surface area (Å²) in [6, 6.07) is 5.26. The SMILES string of the molecule is CCc1cc(C(=O)N(C)C)ccc1C(F)=C(C)C=CC1=C(C)CCCC1(C)C. The van der Waals surface area contributed by atoms with E-state index in [2.05, 4.69) is 26.8 Å². The van der Waals surface area contributed by atoms with Gasteiger partial charge in [0, 0.05) is 25.2 Å². The lowest BCUT2D eigenvalue weighted by atomic mass is 9.72. The lowest BCUT2D eigenvalue weighted by molar-refractivity contribution is 0.0827. The van der Waals surface area contributed by atoms with Crippen LogP contribution in [-0.2, 0) is 6.42 Å². The third-order valence-corrected chi connectivity index (χ3v) is 5.76. The van der Waals surface area contributed by atoms with Crippen LogP contribution < -0.4 is 0 Å². The Morgan fingerprint density at radius 3 is 2.54 bits per heavy atom. The van der Waals surface area contributed by atoms with Crippen molar-refractivity contribution in [2.75, 3.05) is 14.1 Å². The zero-order valence-corrected chi connectivity index (χ0v) is 18.4. The predicted molar refractivity (Wildman–Crippen MR) is 117 cm³/mol. The van der Waals surface area contributed by atoms with Crippen LogP contribution in [0.2, 0.25) is 0 Å². The molecule has 3 heteroatoms. The van der Waals surface area contributed by atoms with Crippen LogP contribution in [0.15, 0.2) is 47.1 Å². The molecule has 0 bridgehead atoms. The molecule has 0 N–H and O–H groups in total. The number of benzene rings is 1. The molecular weight excluding hydrogens is 349 g/mol. The topological polar surface area (TPSA) is 20.3 Å². The van der Waals surface area contributed by atoms with Gasteiger partial charge in [0.2, 0.25) is 0 Å². The summed E-state index contributed by atoms with van der Waals surface area (Å²) < 4.78 is 15.2. The van der Waals surface area contributed by atoms with Crippen LogP contribution in [0.3, 0.4) is 0 Å². The summed E-state index contributed by atoms with van der Waals surface area (Å²) in [5.74, 6) is -0.284. The maximum absolute atomic E-state index is 15.2. The Morgan fingerprint density at radius 1 is 1.29 bits per heavy atom. The molecule has 0 saturated carbocycles. The molecule has 1 aliphatic carbocycles. The third kappa shape index (κ3) is 4.81. The Labute approximate surface area is 169 Å². The summed E-state index contributed by atoms with van der Waals surface area (Å²) in [7, 11) is 3.45. The maximum atomic E-state index is 15.2. The first kappa shape index (κ1) is 22.1. The third-order valence-electron chi connectivity index (χ3n) is 5.76. The lowest BCUT2D eigenvalue weighted by Gasteiger charge is -2.33. The van der Waals surface area contributed by atoms with Gasteiger partial charge in [0.05, 0.1) is 0 Å². The summed E-state index contributed by atoms with van der Waals surface area (Å²) in [5, 5.41) is 0. The normalized spacial score (nSPS) is 17.7. The van der Waals surface area contributed by atoms with Crippen molar-refractivity contribution in [2.45, 2.75) is 60.3 Å². The molecule has 0 aromatic heterocycles. The average molecular weight is 384 g/mol. The molecule has 1 aliphatic rings. The van der Waals surface area contributed by atoms with Crippen molar-refractivity contribution in [1.82, 2.24) is 4.90 Å². The molecule has 0 unspecified atom stereocenters. The number of hydrogen-bond donors (Lipinski definition) is 0. The highest BCUT2D eigenvalue weighted by Crippen LogP contribution is 2.41. The van der Waals surface area contributed by atoms with Crippen molar-refractivity contribution < 1.29 is 9.18 Å². The molecule has 2 nitrogen and oxygen atoms in total. The van der Waals surface area contributed by atoms with Crippen molar-refractivity contribution in [3.63, 3.8) is 0 Å². The maximum Gasteiger partial charge on any atom is 0.253 e. The Morgan fingerprint density at radius 2 is 1.96 bits per heavy atom. The van der Waals surface area contributed by atoms with Crippen LogP contribution in [0.1, 0.15) is 75.4 Å². The van der Waals surface area contributed by atoms with Gasteiger partial charge in [0.15, 0.2) is 0 Å². The highest BCUT2D eigenvalue weighted by Gasteiger charge is 2.26. The van der Waals surface area contributed by atoms with Gasteiger partial charge in [0.1, 0.15) is 5.83 Å². The molecule has 28 heavy (non-hydrogen) atoms. The van der Waals surface area contributed by atoms with Gasteiger partial charge in [-0.25, -0.2) is 4.39 Å². The minimum Gasteiger partial charge on any atom is -0.345 e. The molecular formula is C25H34FNO. The molecule has 0 radical (unpaired) electrons. The molecule has 0 spiro atoms. The number of aryl methyl sites for hydroxylation is 1. The molecule has 0 atom stereocenters. The fraction of sp³-hybridized carbons (Fsp3) is 0.480. The number of halogens is 1. The molecule has 0 saturated heterocycles. The first-order chi connectivity index (χ1) is 13.1. The molecule has 152 valence electrons. The van der Waals surface area contributed by atoms with Gasteiger partial charge in [-0.05, 0) is 73.8 Å². The van der Waals surface area contributed by atoms with E-state index in [1.54, 1.807) is 26.2 Å². The highest BCUT2D eigenvalue weighted by atomic mass is 19.1.